The van der Waals surface area contributed by atoms with Gasteiger partial charge in [-0.05, 0) is 44.0 Å². The summed E-state index contributed by atoms with van der Waals surface area (Å²) in [5.74, 6) is -1.06. The number of nitrogens with one attached hydrogen (secondary N) is 1. The first kappa shape index (κ1) is 13.4. The quantitative estimate of drug-likeness (QED) is 0.870. The van der Waals surface area contributed by atoms with Gasteiger partial charge < -0.3 is 10.4 Å². The third kappa shape index (κ3) is 3.50. The predicted molar refractivity (Wildman–Crippen MR) is 66.2 cm³/mol. The summed E-state index contributed by atoms with van der Waals surface area (Å²) in [5, 5.41) is 13.4. The first-order valence-electron chi connectivity index (χ1n) is 6.53. The molecule has 2 N–H and O–H groups in total. The van der Waals surface area contributed by atoms with Crippen molar-refractivity contribution in [3.8, 4) is 0 Å². The molecule has 100 valence electrons. The Balaban J connectivity index is 2.01. The third-order valence-corrected chi connectivity index (χ3v) is 3.49. The molecule has 1 heterocycles. The summed E-state index contributed by atoms with van der Waals surface area (Å²) < 4.78 is 26.6. The highest BCUT2D eigenvalue weighted by molar-refractivity contribution is 5.21. The number of aliphatic hydroxyl groups excluding tert-OH is 1. The topological polar surface area (TPSA) is 32.3 Å². The van der Waals surface area contributed by atoms with E-state index in [1.54, 1.807) is 0 Å². The van der Waals surface area contributed by atoms with Crippen molar-refractivity contribution < 1.29 is 13.9 Å². The minimum atomic E-state index is -0.948. The van der Waals surface area contributed by atoms with Gasteiger partial charge in [0.25, 0.3) is 0 Å². The molecule has 0 aromatic heterocycles. The standard InChI is InChI=1S/C14H19F2NO/c15-10-5-6-13(16)12(8-10)14(18)9-11-4-2-1-3-7-17-11/h5-6,8,11,14,17-18H,1-4,7,9H2. The number of halogens is 2. The van der Waals surface area contributed by atoms with Crippen LogP contribution in [0.3, 0.4) is 0 Å². The van der Waals surface area contributed by atoms with Gasteiger partial charge in [-0.15, -0.1) is 0 Å². The van der Waals surface area contributed by atoms with Gasteiger partial charge in [0.1, 0.15) is 11.6 Å². The molecule has 1 aromatic rings. The Kier molecular flexibility index (Phi) is 4.66. The maximum absolute atomic E-state index is 13.5. The maximum atomic E-state index is 13.5. The van der Waals surface area contributed by atoms with Gasteiger partial charge in [-0.2, -0.15) is 0 Å². The second-order valence-corrected chi connectivity index (χ2v) is 4.92. The van der Waals surface area contributed by atoms with E-state index in [-0.39, 0.29) is 11.6 Å². The van der Waals surface area contributed by atoms with Crippen molar-refractivity contribution in [2.75, 3.05) is 6.54 Å². The molecular formula is C14H19F2NO. The Morgan fingerprint density at radius 1 is 1.28 bits per heavy atom. The fourth-order valence-electron chi connectivity index (χ4n) is 2.47. The zero-order chi connectivity index (χ0) is 13.0. The summed E-state index contributed by atoms with van der Waals surface area (Å²) >= 11 is 0. The molecule has 1 saturated heterocycles. The zero-order valence-electron chi connectivity index (χ0n) is 10.3. The van der Waals surface area contributed by atoms with E-state index in [1.165, 1.54) is 6.42 Å². The molecular weight excluding hydrogens is 236 g/mol. The van der Waals surface area contributed by atoms with Crippen molar-refractivity contribution in [3.05, 3.63) is 35.4 Å². The smallest absolute Gasteiger partial charge is 0.129 e. The van der Waals surface area contributed by atoms with Crippen molar-refractivity contribution in [1.29, 1.82) is 0 Å². The van der Waals surface area contributed by atoms with Crippen molar-refractivity contribution in [1.82, 2.24) is 5.32 Å². The van der Waals surface area contributed by atoms with Gasteiger partial charge >= 0.3 is 0 Å². The predicted octanol–water partition coefficient (Wildman–Crippen LogP) is 2.92. The maximum Gasteiger partial charge on any atom is 0.129 e. The second kappa shape index (κ2) is 6.25. The van der Waals surface area contributed by atoms with Gasteiger partial charge in [0, 0.05) is 11.6 Å². The molecule has 0 radical (unpaired) electrons. The first-order valence-corrected chi connectivity index (χ1v) is 6.53. The molecule has 1 aliphatic rings. The lowest BCUT2D eigenvalue weighted by molar-refractivity contribution is 0.145. The highest BCUT2D eigenvalue weighted by Gasteiger charge is 2.20. The van der Waals surface area contributed by atoms with Crippen LogP contribution in [0.2, 0.25) is 0 Å². The van der Waals surface area contributed by atoms with Gasteiger partial charge in [0.2, 0.25) is 0 Å². The Morgan fingerprint density at radius 2 is 2.11 bits per heavy atom. The fourth-order valence-corrected chi connectivity index (χ4v) is 2.47. The lowest BCUT2D eigenvalue weighted by Gasteiger charge is -2.20. The number of hydrogen-bond donors (Lipinski definition) is 2. The average Bonchev–Trinajstić information content (AvgIpc) is 2.61. The van der Waals surface area contributed by atoms with Gasteiger partial charge in [-0.1, -0.05) is 12.8 Å². The molecule has 0 aliphatic carbocycles. The fraction of sp³-hybridized carbons (Fsp3) is 0.571. The second-order valence-electron chi connectivity index (χ2n) is 4.92. The van der Waals surface area contributed by atoms with E-state index in [2.05, 4.69) is 5.32 Å². The lowest BCUT2D eigenvalue weighted by Crippen LogP contribution is -2.30. The van der Waals surface area contributed by atoms with Gasteiger partial charge in [0.05, 0.1) is 6.10 Å². The van der Waals surface area contributed by atoms with Crippen molar-refractivity contribution >= 4 is 0 Å². The molecule has 2 rings (SSSR count). The number of benzene rings is 1. The molecule has 0 amide bonds. The SMILES string of the molecule is OC(CC1CCCCCN1)c1cc(F)ccc1F. The van der Waals surface area contributed by atoms with Crippen LogP contribution < -0.4 is 5.32 Å². The van der Waals surface area contributed by atoms with Crippen LogP contribution in [0.1, 0.15) is 43.8 Å². The first-order chi connectivity index (χ1) is 8.66. The number of aliphatic hydroxyl groups is 1. The molecule has 18 heavy (non-hydrogen) atoms. The van der Waals surface area contributed by atoms with Crippen LogP contribution in [0.15, 0.2) is 18.2 Å². The van der Waals surface area contributed by atoms with Crippen LogP contribution in [0.5, 0.6) is 0 Å². The minimum absolute atomic E-state index is 0.0565. The third-order valence-electron chi connectivity index (χ3n) is 3.49. The molecule has 1 aromatic carbocycles. The van der Waals surface area contributed by atoms with Gasteiger partial charge in [-0.3, -0.25) is 0 Å². The molecule has 1 fully saturated rings. The van der Waals surface area contributed by atoms with E-state index in [1.807, 2.05) is 0 Å². The summed E-state index contributed by atoms with van der Waals surface area (Å²) in [5.41, 5.74) is 0.0565. The average molecular weight is 255 g/mol. The molecule has 0 saturated carbocycles. The Bertz CT molecular complexity index is 389. The highest BCUT2D eigenvalue weighted by Crippen LogP contribution is 2.24. The van der Waals surface area contributed by atoms with Crippen molar-refractivity contribution in [2.24, 2.45) is 0 Å². The summed E-state index contributed by atoms with van der Waals surface area (Å²) in [6, 6.07) is 3.39. The Labute approximate surface area is 106 Å². The van der Waals surface area contributed by atoms with Crippen LogP contribution in [0.4, 0.5) is 8.78 Å². The molecule has 1 aliphatic heterocycles. The van der Waals surface area contributed by atoms with Crippen molar-refractivity contribution in [3.63, 3.8) is 0 Å². The van der Waals surface area contributed by atoms with Crippen LogP contribution in [0.25, 0.3) is 0 Å². The van der Waals surface area contributed by atoms with Crippen LogP contribution in [-0.4, -0.2) is 17.7 Å². The normalized spacial score (nSPS) is 22.5. The van der Waals surface area contributed by atoms with Gasteiger partial charge in [0.15, 0.2) is 0 Å². The summed E-state index contributed by atoms with van der Waals surface area (Å²) in [6.45, 7) is 0.934. The van der Waals surface area contributed by atoms with Crippen LogP contribution >= 0.6 is 0 Å². The van der Waals surface area contributed by atoms with Crippen LogP contribution in [0, 0.1) is 11.6 Å². The Morgan fingerprint density at radius 3 is 2.94 bits per heavy atom. The molecule has 2 atom stereocenters. The molecule has 2 nitrogen and oxygen atoms in total. The lowest BCUT2D eigenvalue weighted by atomic mass is 9.98. The van der Waals surface area contributed by atoms with Crippen molar-refractivity contribution in [2.45, 2.75) is 44.2 Å². The van der Waals surface area contributed by atoms with E-state index >= 15 is 0 Å². The van der Waals surface area contributed by atoms with Gasteiger partial charge in [-0.25, -0.2) is 8.78 Å². The van der Waals surface area contributed by atoms with E-state index in [0.29, 0.717) is 6.42 Å². The minimum Gasteiger partial charge on any atom is -0.388 e. The summed E-state index contributed by atoms with van der Waals surface area (Å²) in [6.07, 6.45) is 3.91. The highest BCUT2D eigenvalue weighted by atomic mass is 19.1. The number of rotatable bonds is 3. The monoisotopic (exact) mass is 255 g/mol. The largest absolute Gasteiger partial charge is 0.388 e. The molecule has 0 bridgehead atoms. The van der Waals surface area contributed by atoms with E-state index in [9.17, 15) is 13.9 Å². The zero-order valence-corrected chi connectivity index (χ0v) is 10.3. The summed E-state index contributed by atoms with van der Waals surface area (Å²) in [4.78, 5) is 0. The Hall–Kier alpha value is -1.00. The van der Waals surface area contributed by atoms with E-state index in [4.69, 9.17) is 0 Å². The molecule has 0 spiro atoms. The summed E-state index contributed by atoms with van der Waals surface area (Å²) in [7, 11) is 0. The van der Waals surface area contributed by atoms with E-state index < -0.39 is 17.7 Å². The van der Waals surface area contributed by atoms with E-state index in [0.717, 1.165) is 44.0 Å². The molecule has 4 heteroatoms. The molecule has 2 unspecified atom stereocenters. The van der Waals surface area contributed by atoms with Crippen LogP contribution in [-0.2, 0) is 0 Å². The number of hydrogen-bond acceptors (Lipinski definition) is 2.